The lowest BCUT2D eigenvalue weighted by Crippen LogP contribution is -2.60. The van der Waals surface area contributed by atoms with Crippen molar-refractivity contribution < 1.29 is 38.1 Å². The van der Waals surface area contributed by atoms with E-state index in [9.17, 15) is 19.2 Å². The lowest BCUT2D eigenvalue weighted by atomic mass is 9.78. The van der Waals surface area contributed by atoms with Gasteiger partial charge >= 0.3 is 23.9 Å². The van der Waals surface area contributed by atoms with Crippen LogP contribution < -0.4 is 0 Å². The first-order valence-electron chi connectivity index (χ1n) is 21.4. The summed E-state index contributed by atoms with van der Waals surface area (Å²) in [5, 5.41) is 0. The lowest BCUT2D eigenvalue weighted by molar-refractivity contribution is -0.180. The predicted octanol–water partition coefficient (Wildman–Crippen LogP) is 7.25. The van der Waals surface area contributed by atoms with Crippen molar-refractivity contribution in [3.8, 4) is 0 Å². The zero-order chi connectivity index (χ0) is 44.1. The number of hydrogen-bond acceptors (Lipinski definition) is 12. The van der Waals surface area contributed by atoms with Crippen molar-refractivity contribution in [2.75, 3.05) is 28.2 Å². The van der Waals surface area contributed by atoms with Gasteiger partial charge in [0.15, 0.2) is 0 Å². The fourth-order valence-corrected chi connectivity index (χ4v) is 10.2. The highest BCUT2D eigenvalue weighted by Gasteiger charge is 2.49. The molecule has 0 radical (unpaired) electrons. The number of hydrogen-bond donors (Lipinski definition) is 0. The van der Waals surface area contributed by atoms with Crippen molar-refractivity contribution in [1.29, 1.82) is 0 Å². The Kier molecular flexibility index (Phi) is 13.7. The van der Waals surface area contributed by atoms with Crippen LogP contribution in [0.3, 0.4) is 0 Å². The maximum atomic E-state index is 14.7. The standard InChI is InChI=1S/C46H78N4O8/c1-29-19-31(23-41(3,4)47(29)15)55-37(51)21-36(40(54)58-34-27-45(11,12)50(18)46(13,14)28-34)35(39(53)57-32-20-30(2)48(16)42(5,6)24-32)22-38(52)56-33-25-43(7,8)49(17)44(9,10)26-33/h31-36H,1-2,19-28H2,3-18H3. The van der Waals surface area contributed by atoms with Crippen LogP contribution >= 0.6 is 0 Å². The average molecular weight is 815 g/mol. The molecule has 4 saturated heterocycles. The topological polar surface area (TPSA) is 118 Å². The number of rotatable bonds is 11. The van der Waals surface area contributed by atoms with E-state index in [0.29, 0.717) is 51.4 Å². The molecule has 4 heterocycles. The van der Waals surface area contributed by atoms with Crippen LogP contribution in [0.5, 0.6) is 0 Å². The van der Waals surface area contributed by atoms with Gasteiger partial charge in [0.25, 0.3) is 0 Å². The molecule has 4 fully saturated rings. The van der Waals surface area contributed by atoms with E-state index in [2.05, 4.69) is 130 Å². The number of ether oxygens (including phenoxy) is 4. The van der Waals surface area contributed by atoms with Gasteiger partial charge in [-0.1, -0.05) is 13.2 Å². The summed E-state index contributed by atoms with van der Waals surface area (Å²) in [6.45, 7) is 33.6. The highest BCUT2D eigenvalue weighted by Crippen LogP contribution is 2.42. The largest absolute Gasteiger partial charge is 0.462 e. The second-order valence-corrected chi connectivity index (χ2v) is 21.8. The lowest BCUT2D eigenvalue weighted by Gasteiger charge is -2.53. The molecule has 0 aromatic heterocycles. The Balaban J connectivity index is 1.69. The molecule has 0 aromatic carbocycles. The van der Waals surface area contributed by atoms with Crippen molar-refractivity contribution in [2.24, 2.45) is 11.8 Å². The molecule has 330 valence electrons. The van der Waals surface area contributed by atoms with E-state index in [0.717, 1.165) is 11.4 Å². The van der Waals surface area contributed by atoms with Crippen molar-refractivity contribution >= 4 is 23.9 Å². The van der Waals surface area contributed by atoms with Gasteiger partial charge in [0.1, 0.15) is 24.4 Å². The summed E-state index contributed by atoms with van der Waals surface area (Å²) in [5.41, 5.74) is -0.133. The highest BCUT2D eigenvalue weighted by atomic mass is 16.6. The Morgan fingerprint density at radius 1 is 0.483 bits per heavy atom. The van der Waals surface area contributed by atoms with Crippen LogP contribution in [0.25, 0.3) is 0 Å². The van der Waals surface area contributed by atoms with Crippen LogP contribution in [0.2, 0.25) is 0 Å². The van der Waals surface area contributed by atoms with Crippen LogP contribution in [-0.4, -0.2) is 129 Å². The number of likely N-dealkylation sites (tertiary alicyclic amines) is 4. The zero-order valence-electron chi connectivity index (χ0n) is 39.0. The molecular formula is C46H78N4O8. The zero-order valence-corrected chi connectivity index (χ0v) is 39.0. The van der Waals surface area contributed by atoms with Gasteiger partial charge in [-0.2, -0.15) is 0 Å². The molecule has 0 aromatic rings. The number of nitrogens with zero attached hydrogens (tertiary/aromatic N) is 4. The summed E-state index contributed by atoms with van der Waals surface area (Å²) in [6, 6.07) is 0. The molecule has 0 N–H and O–H groups in total. The number of esters is 4. The van der Waals surface area contributed by atoms with Crippen LogP contribution in [0.15, 0.2) is 24.6 Å². The van der Waals surface area contributed by atoms with Crippen LogP contribution in [0.1, 0.15) is 147 Å². The van der Waals surface area contributed by atoms with Gasteiger partial charge in [-0.3, -0.25) is 29.0 Å². The molecule has 0 saturated carbocycles. The molecule has 12 heteroatoms. The molecule has 4 rings (SSSR count). The predicted molar refractivity (Wildman–Crippen MR) is 226 cm³/mol. The van der Waals surface area contributed by atoms with Gasteiger partial charge in [0, 0.05) is 110 Å². The molecule has 0 spiro atoms. The van der Waals surface area contributed by atoms with Crippen molar-refractivity contribution in [1.82, 2.24) is 19.6 Å². The first-order chi connectivity index (χ1) is 26.3. The minimum atomic E-state index is -1.37. The van der Waals surface area contributed by atoms with E-state index < -0.39 is 73.0 Å². The van der Waals surface area contributed by atoms with Gasteiger partial charge < -0.3 is 28.7 Å². The van der Waals surface area contributed by atoms with Crippen LogP contribution in [0, 0.1) is 11.8 Å². The van der Waals surface area contributed by atoms with Gasteiger partial charge in [-0.15, -0.1) is 0 Å². The third-order valence-electron chi connectivity index (χ3n) is 14.7. The summed E-state index contributed by atoms with van der Waals surface area (Å²) in [6.07, 6.45) is 1.34. The molecule has 4 atom stereocenters. The van der Waals surface area contributed by atoms with Crippen LogP contribution in [-0.2, 0) is 38.1 Å². The van der Waals surface area contributed by atoms with Crippen molar-refractivity contribution in [3.05, 3.63) is 24.6 Å². The van der Waals surface area contributed by atoms with E-state index in [-0.39, 0.29) is 33.2 Å². The summed E-state index contributed by atoms with van der Waals surface area (Å²) >= 11 is 0. The van der Waals surface area contributed by atoms with Crippen molar-refractivity contribution in [2.45, 2.75) is 205 Å². The Morgan fingerprint density at radius 2 is 0.741 bits per heavy atom. The Bertz CT molecular complexity index is 1560. The minimum absolute atomic E-state index is 0.256. The number of piperidine rings is 4. The van der Waals surface area contributed by atoms with Gasteiger partial charge in [0.05, 0.1) is 24.7 Å². The monoisotopic (exact) mass is 815 g/mol. The van der Waals surface area contributed by atoms with Crippen molar-refractivity contribution in [3.63, 3.8) is 0 Å². The average Bonchev–Trinajstić information content (AvgIpc) is 3.04. The Hall–Kier alpha value is -3.12. The smallest absolute Gasteiger partial charge is 0.310 e. The number of carbonyl (C=O) groups excluding carboxylic acids is 4. The van der Waals surface area contributed by atoms with Gasteiger partial charge in [-0.25, -0.2) is 0 Å². The first-order valence-corrected chi connectivity index (χ1v) is 21.4. The molecule has 4 unspecified atom stereocenters. The van der Waals surface area contributed by atoms with Crippen LogP contribution in [0.4, 0.5) is 0 Å². The quantitative estimate of drug-likeness (QED) is 0.155. The molecule has 58 heavy (non-hydrogen) atoms. The maximum absolute atomic E-state index is 14.7. The van der Waals surface area contributed by atoms with Gasteiger partial charge in [0.2, 0.25) is 0 Å². The summed E-state index contributed by atoms with van der Waals surface area (Å²) in [7, 11) is 8.09. The molecule has 4 aliphatic heterocycles. The van der Waals surface area contributed by atoms with E-state index >= 15 is 0 Å². The molecular weight excluding hydrogens is 737 g/mol. The second-order valence-electron chi connectivity index (χ2n) is 21.8. The van der Waals surface area contributed by atoms with Gasteiger partial charge in [-0.05, 0) is 97.2 Å². The highest BCUT2D eigenvalue weighted by molar-refractivity contribution is 5.89. The molecule has 4 aliphatic rings. The third-order valence-corrected chi connectivity index (χ3v) is 14.7. The van der Waals surface area contributed by atoms with E-state index in [4.69, 9.17) is 18.9 Å². The van der Waals surface area contributed by atoms with E-state index in [1.54, 1.807) is 0 Å². The Labute approximate surface area is 350 Å². The van der Waals surface area contributed by atoms with E-state index in [1.165, 1.54) is 0 Å². The van der Waals surface area contributed by atoms with E-state index in [1.807, 2.05) is 14.1 Å². The summed E-state index contributed by atoms with van der Waals surface area (Å²) in [5.74, 6) is -5.48. The SMILES string of the molecule is C=C1CC(OC(=O)CC(C(=O)OC2CC(C)(C)N(C)C(C)(C)C2)C(CC(=O)OC2CC(C)(C)N(C)C(C)(C)C2)C(=O)OC2CC(=C)N(C)C(C)(C)C2)CC(C)(C)N1C. The fourth-order valence-electron chi connectivity index (χ4n) is 10.2. The molecule has 0 bridgehead atoms. The Morgan fingerprint density at radius 3 is 1.07 bits per heavy atom. The minimum Gasteiger partial charge on any atom is -0.462 e. The molecule has 0 amide bonds. The second kappa shape index (κ2) is 16.7. The summed E-state index contributed by atoms with van der Waals surface area (Å²) in [4.78, 5) is 66.3. The molecule has 12 nitrogen and oxygen atoms in total. The fraction of sp³-hybridized carbons (Fsp3) is 0.826. The number of carbonyl (C=O) groups is 4. The maximum Gasteiger partial charge on any atom is 0.310 e. The third kappa shape index (κ3) is 10.8. The summed E-state index contributed by atoms with van der Waals surface area (Å²) < 4.78 is 24.8. The molecule has 0 aliphatic carbocycles. The normalized spacial score (nSPS) is 28.3. The first kappa shape index (κ1) is 47.6.